The van der Waals surface area contributed by atoms with Gasteiger partial charge >= 0.3 is 0 Å². The number of hydroxylamine groups is 2. The van der Waals surface area contributed by atoms with E-state index in [0.717, 1.165) is 11.1 Å². The van der Waals surface area contributed by atoms with E-state index in [0.29, 0.717) is 6.54 Å². The fraction of sp³-hybridized carbons (Fsp3) is 0.300. The van der Waals surface area contributed by atoms with Crippen LogP contribution < -0.4 is 0 Å². The van der Waals surface area contributed by atoms with Crippen LogP contribution in [0, 0.1) is 17.3 Å². The Morgan fingerprint density at radius 2 is 1.50 bits per heavy atom. The quantitative estimate of drug-likeness (QED) is 0.672. The molecule has 0 aliphatic carbocycles. The molecule has 2 nitrogen and oxygen atoms in total. The third-order valence-corrected chi connectivity index (χ3v) is 3.43. The Morgan fingerprint density at radius 3 is 2.05 bits per heavy atom. The molecule has 0 aromatic heterocycles. The number of rotatable bonds is 3. The minimum atomic E-state index is -0.243. The molecule has 0 spiro atoms. The SMILES string of the molecule is CC(C)(C)C(C#Cc1ccccc1)N(O)Cc1ccccc1. The molecule has 0 amide bonds. The molecule has 2 aromatic rings. The van der Waals surface area contributed by atoms with Crippen LogP contribution >= 0.6 is 0 Å². The monoisotopic (exact) mass is 293 g/mol. The molecule has 2 heteroatoms. The summed E-state index contributed by atoms with van der Waals surface area (Å²) in [5.41, 5.74) is 1.89. The second-order valence-corrected chi connectivity index (χ2v) is 6.49. The molecule has 0 bridgehead atoms. The molecule has 22 heavy (non-hydrogen) atoms. The van der Waals surface area contributed by atoms with Crippen molar-refractivity contribution in [1.29, 1.82) is 0 Å². The first kappa shape index (κ1) is 16.3. The van der Waals surface area contributed by atoms with Gasteiger partial charge in [-0.3, -0.25) is 0 Å². The van der Waals surface area contributed by atoms with Gasteiger partial charge in [-0.1, -0.05) is 81.1 Å². The van der Waals surface area contributed by atoms with Gasteiger partial charge in [-0.2, -0.15) is 5.06 Å². The standard InChI is InChI=1S/C20H23NO/c1-20(2,3)19(15-14-17-10-6-4-7-11-17)21(22)16-18-12-8-5-9-13-18/h4-13,19,22H,16H2,1-3H3. The molecule has 0 saturated heterocycles. The third kappa shape index (κ3) is 4.73. The van der Waals surface area contributed by atoms with Crippen molar-refractivity contribution in [3.63, 3.8) is 0 Å². The second kappa shape index (κ2) is 7.26. The van der Waals surface area contributed by atoms with Crippen LogP contribution in [0.3, 0.4) is 0 Å². The van der Waals surface area contributed by atoms with Crippen LogP contribution in [0.4, 0.5) is 0 Å². The summed E-state index contributed by atoms with van der Waals surface area (Å²) in [4.78, 5) is 0. The lowest BCUT2D eigenvalue weighted by molar-refractivity contribution is -0.143. The predicted molar refractivity (Wildman–Crippen MR) is 90.3 cm³/mol. The Labute approximate surface area is 133 Å². The topological polar surface area (TPSA) is 23.5 Å². The number of hydrogen-bond acceptors (Lipinski definition) is 2. The third-order valence-electron chi connectivity index (χ3n) is 3.43. The summed E-state index contributed by atoms with van der Waals surface area (Å²) >= 11 is 0. The first-order valence-electron chi connectivity index (χ1n) is 7.53. The van der Waals surface area contributed by atoms with Crippen LogP contribution in [0.5, 0.6) is 0 Å². The minimum Gasteiger partial charge on any atom is -0.312 e. The lowest BCUT2D eigenvalue weighted by Crippen LogP contribution is -2.40. The smallest absolute Gasteiger partial charge is 0.101 e. The maximum absolute atomic E-state index is 10.5. The maximum atomic E-state index is 10.5. The normalized spacial score (nSPS) is 12.6. The first-order valence-corrected chi connectivity index (χ1v) is 7.53. The number of benzene rings is 2. The molecule has 1 atom stereocenters. The lowest BCUT2D eigenvalue weighted by atomic mass is 9.86. The molecule has 1 unspecified atom stereocenters. The van der Waals surface area contributed by atoms with Crippen LogP contribution in [0.15, 0.2) is 60.7 Å². The number of hydrogen-bond donors (Lipinski definition) is 1. The van der Waals surface area contributed by atoms with Gasteiger partial charge in [0, 0.05) is 5.56 Å². The van der Waals surface area contributed by atoms with Gasteiger partial charge in [-0.15, -0.1) is 0 Å². The van der Waals surface area contributed by atoms with E-state index in [1.807, 2.05) is 60.7 Å². The Morgan fingerprint density at radius 1 is 0.955 bits per heavy atom. The van der Waals surface area contributed by atoms with Crippen molar-refractivity contribution in [2.75, 3.05) is 0 Å². The zero-order valence-corrected chi connectivity index (χ0v) is 13.5. The zero-order chi connectivity index (χ0) is 16.0. The minimum absolute atomic E-state index is 0.148. The van der Waals surface area contributed by atoms with Gasteiger partial charge in [0.05, 0.1) is 6.54 Å². The Hall–Kier alpha value is -2.08. The van der Waals surface area contributed by atoms with Gasteiger partial charge in [-0.25, -0.2) is 0 Å². The van der Waals surface area contributed by atoms with Crippen molar-refractivity contribution < 1.29 is 5.21 Å². The summed E-state index contributed by atoms with van der Waals surface area (Å²) in [7, 11) is 0. The van der Waals surface area contributed by atoms with E-state index in [-0.39, 0.29) is 11.5 Å². The summed E-state index contributed by atoms with van der Waals surface area (Å²) in [6, 6.07) is 19.6. The van der Waals surface area contributed by atoms with Gasteiger partial charge in [0.25, 0.3) is 0 Å². The van der Waals surface area contributed by atoms with Gasteiger partial charge in [0.2, 0.25) is 0 Å². The molecule has 0 saturated carbocycles. The van der Waals surface area contributed by atoms with Gasteiger partial charge in [0.1, 0.15) is 6.04 Å². The summed E-state index contributed by atoms with van der Waals surface area (Å²) in [6.45, 7) is 6.73. The van der Waals surface area contributed by atoms with E-state index in [4.69, 9.17) is 0 Å². The largest absolute Gasteiger partial charge is 0.312 e. The van der Waals surface area contributed by atoms with Crippen molar-refractivity contribution in [3.8, 4) is 11.8 Å². The number of nitrogens with zero attached hydrogens (tertiary/aromatic N) is 1. The Bertz CT molecular complexity index is 632. The van der Waals surface area contributed by atoms with E-state index in [1.54, 1.807) is 0 Å². The summed E-state index contributed by atoms with van der Waals surface area (Å²) in [5, 5.41) is 11.8. The highest BCUT2D eigenvalue weighted by molar-refractivity contribution is 5.35. The van der Waals surface area contributed by atoms with Crippen molar-refractivity contribution in [1.82, 2.24) is 5.06 Å². The van der Waals surface area contributed by atoms with Crippen LogP contribution in [-0.2, 0) is 6.54 Å². The van der Waals surface area contributed by atoms with Crippen molar-refractivity contribution in [2.24, 2.45) is 5.41 Å². The summed E-state index contributed by atoms with van der Waals surface area (Å²) < 4.78 is 0. The average Bonchev–Trinajstić information content (AvgIpc) is 2.48. The second-order valence-electron chi connectivity index (χ2n) is 6.49. The van der Waals surface area contributed by atoms with E-state index < -0.39 is 0 Å². The molecule has 0 aliphatic heterocycles. The first-order chi connectivity index (χ1) is 10.5. The molecular weight excluding hydrogens is 270 g/mol. The van der Waals surface area contributed by atoms with Crippen LogP contribution in [0.25, 0.3) is 0 Å². The molecule has 0 aliphatic rings. The summed E-state index contributed by atoms with van der Waals surface area (Å²) in [5.74, 6) is 6.39. The lowest BCUT2D eigenvalue weighted by Gasteiger charge is -2.32. The van der Waals surface area contributed by atoms with Gasteiger partial charge in [0.15, 0.2) is 0 Å². The van der Waals surface area contributed by atoms with Gasteiger partial charge < -0.3 is 5.21 Å². The molecule has 0 radical (unpaired) electrons. The highest BCUT2D eigenvalue weighted by atomic mass is 16.5. The highest BCUT2D eigenvalue weighted by Crippen LogP contribution is 2.24. The molecule has 2 aromatic carbocycles. The average molecular weight is 293 g/mol. The molecular formula is C20H23NO. The van der Waals surface area contributed by atoms with E-state index in [9.17, 15) is 5.21 Å². The highest BCUT2D eigenvalue weighted by Gasteiger charge is 2.28. The molecule has 0 heterocycles. The van der Waals surface area contributed by atoms with Crippen molar-refractivity contribution in [2.45, 2.75) is 33.4 Å². The Balaban J connectivity index is 2.18. The van der Waals surface area contributed by atoms with E-state index >= 15 is 0 Å². The molecule has 1 N–H and O–H groups in total. The predicted octanol–water partition coefficient (Wildman–Crippen LogP) is 4.34. The van der Waals surface area contributed by atoms with Crippen molar-refractivity contribution >= 4 is 0 Å². The van der Waals surface area contributed by atoms with E-state index in [2.05, 4.69) is 32.6 Å². The molecule has 2 rings (SSSR count). The fourth-order valence-corrected chi connectivity index (χ4v) is 2.27. The van der Waals surface area contributed by atoms with E-state index in [1.165, 1.54) is 5.06 Å². The van der Waals surface area contributed by atoms with Gasteiger partial charge in [-0.05, 0) is 23.1 Å². The Kier molecular flexibility index (Phi) is 5.38. The maximum Gasteiger partial charge on any atom is 0.101 e. The fourth-order valence-electron chi connectivity index (χ4n) is 2.27. The summed E-state index contributed by atoms with van der Waals surface area (Å²) in [6.07, 6.45) is 0. The van der Waals surface area contributed by atoms with Crippen LogP contribution in [-0.4, -0.2) is 16.3 Å². The van der Waals surface area contributed by atoms with Crippen LogP contribution in [0.1, 0.15) is 31.9 Å². The molecule has 114 valence electrons. The molecule has 0 fully saturated rings. The van der Waals surface area contributed by atoms with Crippen LogP contribution in [0.2, 0.25) is 0 Å². The zero-order valence-electron chi connectivity index (χ0n) is 13.5. The van der Waals surface area contributed by atoms with Crippen molar-refractivity contribution in [3.05, 3.63) is 71.8 Å².